The molecule has 0 spiro atoms. The second kappa shape index (κ2) is 11.1. The van der Waals surface area contributed by atoms with Crippen molar-refractivity contribution in [2.75, 3.05) is 44.2 Å². The molecule has 198 valence electrons. The number of amides is 2. The Morgan fingerprint density at radius 1 is 0.795 bits per heavy atom. The molecule has 1 saturated heterocycles. The largest absolute Gasteiger partial charge is 0.459 e. The van der Waals surface area contributed by atoms with E-state index in [1.807, 2.05) is 35.2 Å². The molecule has 6 rings (SSSR count). The van der Waals surface area contributed by atoms with E-state index in [0.29, 0.717) is 38.6 Å². The highest BCUT2D eigenvalue weighted by Crippen LogP contribution is 2.30. The Hall–Kier alpha value is -4.46. The number of piperazine rings is 1. The number of hydrogen-bond donors (Lipinski definition) is 0. The summed E-state index contributed by atoms with van der Waals surface area (Å²) in [6.07, 6.45) is 3.70. The van der Waals surface area contributed by atoms with Gasteiger partial charge in [-0.25, -0.2) is 0 Å². The Balaban J connectivity index is 1.04. The first kappa shape index (κ1) is 24.9. The third-order valence-electron chi connectivity index (χ3n) is 7.42. The van der Waals surface area contributed by atoms with Gasteiger partial charge in [0.1, 0.15) is 6.54 Å². The molecule has 2 amide bonds. The molecule has 8 heteroatoms. The molecular formula is C31H31N5O3. The highest BCUT2D eigenvalue weighted by atomic mass is 16.3. The summed E-state index contributed by atoms with van der Waals surface area (Å²) < 4.78 is 5.29. The van der Waals surface area contributed by atoms with Crippen LogP contribution in [0.4, 0.5) is 5.82 Å². The van der Waals surface area contributed by atoms with Crippen LogP contribution in [-0.4, -0.2) is 71.1 Å². The van der Waals surface area contributed by atoms with Crippen LogP contribution in [0.5, 0.6) is 0 Å². The summed E-state index contributed by atoms with van der Waals surface area (Å²) >= 11 is 0. The molecule has 0 bridgehead atoms. The normalized spacial score (nSPS) is 15.3. The quantitative estimate of drug-likeness (QED) is 0.337. The van der Waals surface area contributed by atoms with Gasteiger partial charge in [0.15, 0.2) is 11.6 Å². The van der Waals surface area contributed by atoms with Gasteiger partial charge < -0.3 is 19.1 Å². The third kappa shape index (κ3) is 5.85. The highest BCUT2D eigenvalue weighted by Gasteiger charge is 2.31. The molecule has 2 aliphatic rings. The van der Waals surface area contributed by atoms with Crippen molar-refractivity contribution in [2.45, 2.75) is 12.8 Å². The van der Waals surface area contributed by atoms with Crippen LogP contribution in [0.1, 0.15) is 23.4 Å². The van der Waals surface area contributed by atoms with Crippen LogP contribution in [0.15, 0.2) is 89.5 Å². The summed E-state index contributed by atoms with van der Waals surface area (Å²) in [5.74, 6) is 1.31. The number of nitrogens with zero attached hydrogens (tertiary/aromatic N) is 5. The molecule has 2 aromatic carbocycles. The number of rotatable bonds is 8. The van der Waals surface area contributed by atoms with E-state index in [9.17, 15) is 9.59 Å². The standard InChI is InChI=1S/C31H31N5O3/c37-30(22-36(21-23-8-9-23)31(38)28-7-4-20-39-28)35-18-16-34(17-19-35)29-15-14-27(32-33-29)26-12-10-25(11-13-26)24-5-2-1-3-6-24/h1-7,10-15,20,23H,8-9,16-19,21-22H2. The van der Waals surface area contributed by atoms with Crippen molar-refractivity contribution in [1.29, 1.82) is 0 Å². The number of hydrogen-bond acceptors (Lipinski definition) is 6. The van der Waals surface area contributed by atoms with E-state index in [-0.39, 0.29) is 24.1 Å². The number of anilines is 1. The predicted molar refractivity (Wildman–Crippen MR) is 149 cm³/mol. The molecule has 4 aromatic rings. The fourth-order valence-electron chi connectivity index (χ4n) is 4.95. The van der Waals surface area contributed by atoms with E-state index in [4.69, 9.17) is 4.42 Å². The smallest absolute Gasteiger partial charge is 0.290 e. The summed E-state index contributed by atoms with van der Waals surface area (Å²) in [6, 6.07) is 26.0. The van der Waals surface area contributed by atoms with Gasteiger partial charge in [-0.15, -0.1) is 10.2 Å². The minimum atomic E-state index is -0.219. The fraction of sp³-hybridized carbons (Fsp3) is 0.290. The SMILES string of the molecule is O=C(CN(CC1CC1)C(=O)c1ccco1)N1CCN(c2ccc(-c3ccc(-c4ccccc4)cc3)nn2)CC1. The van der Waals surface area contributed by atoms with E-state index in [0.717, 1.165) is 35.5 Å². The van der Waals surface area contributed by atoms with E-state index in [1.165, 1.54) is 11.8 Å². The predicted octanol–water partition coefficient (Wildman–Crippen LogP) is 4.60. The zero-order valence-electron chi connectivity index (χ0n) is 21.8. The number of carbonyl (C=O) groups is 2. The second-order valence-electron chi connectivity index (χ2n) is 10.2. The van der Waals surface area contributed by atoms with Crippen molar-refractivity contribution in [3.8, 4) is 22.4 Å². The van der Waals surface area contributed by atoms with Crippen LogP contribution in [0.2, 0.25) is 0 Å². The first-order valence-corrected chi connectivity index (χ1v) is 13.5. The molecule has 1 aliphatic heterocycles. The van der Waals surface area contributed by atoms with Crippen molar-refractivity contribution in [3.05, 3.63) is 90.9 Å². The summed E-state index contributed by atoms with van der Waals surface area (Å²) in [7, 11) is 0. The van der Waals surface area contributed by atoms with Gasteiger partial charge in [-0.1, -0.05) is 54.6 Å². The summed E-state index contributed by atoms with van der Waals surface area (Å²) in [4.78, 5) is 31.6. The molecule has 2 aromatic heterocycles. The molecular weight excluding hydrogens is 490 g/mol. The maximum absolute atomic E-state index is 13.1. The summed E-state index contributed by atoms with van der Waals surface area (Å²) in [5, 5.41) is 8.95. The second-order valence-corrected chi connectivity index (χ2v) is 10.2. The molecule has 3 heterocycles. The maximum Gasteiger partial charge on any atom is 0.290 e. The van der Waals surface area contributed by atoms with Crippen molar-refractivity contribution in [1.82, 2.24) is 20.0 Å². The van der Waals surface area contributed by atoms with Crippen molar-refractivity contribution < 1.29 is 14.0 Å². The lowest BCUT2D eigenvalue weighted by Gasteiger charge is -2.36. The first-order chi connectivity index (χ1) is 19.1. The lowest BCUT2D eigenvalue weighted by molar-refractivity contribution is -0.132. The Bertz CT molecular complexity index is 1390. The van der Waals surface area contributed by atoms with Crippen LogP contribution in [0.25, 0.3) is 22.4 Å². The zero-order valence-corrected chi connectivity index (χ0v) is 21.8. The molecule has 0 unspecified atom stereocenters. The van der Waals surface area contributed by atoms with Gasteiger partial charge in [-0.2, -0.15) is 0 Å². The van der Waals surface area contributed by atoms with Gasteiger partial charge in [0.05, 0.1) is 12.0 Å². The van der Waals surface area contributed by atoms with E-state index >= 15 is 0 Å². The van der Waals surface area contributed by atoms with Gasteiger partial charge >= 0.3 is 0 Å². The first-order valence-electron chi connectivity index (χ1n) is 13.5. The Kier molecular flexibility index (Phi) is 7.08. The van der Waals surface area contributed by atoms with Crippen molar-refractivity contribution >= 4 is 17.6 Å². The number of carbonyl (C=O) groups excluding carboxylic acids is 2. The zero-order chi connectivity index (χ0) is 26.6. The van der Waals surface area contributed by atoms with Crippen LogP contribution < -0.4 is 4.90 Å². The number of aromatic nitrogens is 2. The molecule has 8 nitrogen and oxygen atoms in total. The van der Waals surface area contributed by atoms with Gasteiger partial charge in [0.25, 0.3) is 5.91 Å². The van der Waals surface area contributed by atoms with E-state index in [2.05, 4.69) is 51.5 Å². The average molecular weight is 522 g/mol. The molecule has 39 heavy (non-hydrogen) atoms. The lowest BCUT2D eigenvalue weighted by Crippen LogP contribution is -2.52. The highest BCUT2D eigenvalue weighted by molar-refractivity contribution is 5.94. The lowest BCUT2D eigenvalue weighted by atomic mass is 10.0. The summed E-state index contributed by atoms with van der Waals surface area (Å²) in [6.45, 7) is 3.17. The van der Waals surface area contributed by atoms with Crippen LogP contribution >= 0.6 is 0 Å². The van der Waals surface area contributed by atoms with Gasteiger partial charge in [-0.3, -0.25) is 9.59 Å². The maximum atomic E-state index is 13.1. The fourth-order valence-corrected chi connectivity index (χ4v) is 4.95. The summed E-state index contributed by atoms with van der Waals surface area (Å²) in [5.41, 5.74) is 4.19. The topological polar surface area (TPSA) is 82.8 Å². The molecule has 2 fully saturated rings. The van der Waals surface area contributed by atoms with Crippen LogP contribution in [0, 0.1) is 5.92 Å². The van der Waals surface area contributed by atoms with Crippen LogP contribution in [-0.2, 0) is 4.79 Å². The number of furan rings is 1. The van der Waals surface area contributed by atoms with Gasteiger partial charge in [0, 0.05) is 38.3 Å². The Morgan fingerprint density at radius 3 is 2.15 bits per heavy atom. The number of benzene rings is 2. The average Bonchev–Trinajstić information content (AvgIpc) is 3.65. The van der Waals surface area contributed by atoms with Crippen molar-refractivity contribution in [2.24, 2.45) is 5.92 Å². The Labute approximate surface area is 227 Å². The Morgan fingerprint density at radius 2 is 1.51 bits per heavy atom. The molecule has 0 radical (unpaired) electrons. The third-order valence-corrected chi connectivity index (χ3v) is 7.42. The minimum absolute atomic E-state index is 0.0319. The molecule has 1 saturated carbocycles. The van der Waals surface area contributed by atoms with E-state index in [1.54, 1.807) is 17.0 Å². The van der Waals surface area contributed by atoms with Gasteiger partial charge in [0.2, 0.25) is 5.91 Å². The van der Waals surface area contributed by atoms with Crippen LogP contribution in [0.3, 0.4) is 0 Å². The molecule has 0 atom stereocenters. The minimum Gasteiger partial charge on any atom is -0.459 e. The monoisotopic (exact) mass is 521 g/mol. The molecule has 0 N–H and O–H groups in total. The molecule has 1 aliphatic carbocycles. The van der Waals surface area contributed by atoms with E-state index < -0.39 is 0 Å². The van der Waals surface area contributed by atoms with Crippen molar-refractivity contribution in [3.63, 3.8) is 0 Å². The van der Waals surface area contributed by atoms with Gasteiger partial charge in [-0.05, 0) is 54.2 Å².